The van der Waals surface area contributed by atoms with Gasteiger partial charge in [-0.1, -0.05) is 17.7 Å². The SMILES string of the molecule is CCOc1cc(/C=C(\C#N)C(=O)Nc2ccc(C)cc2)cc([N+](=O)[O-])c1O. The predicted molar refractivity (Wildman–Crippen MR) is 99.3 cm³/mol. The average molecular weight is 367 g/mol. The summed E-state index contributed by atoms with van der Waals surface area (Å²) in [5, 5.41) is 32.9. The minimum atomic E-state index is -0.770. The van der Waals surface area contributed by atoms with E-state index in [-0.39, 0.29) is 23.5 Å². The molecule has 0 aliphatic rings. The number of nitriles is 1. The molecule has 0 saturated heterocycles. The van der Waals surface area contributed by atoms with Gasteiger partial charge in [-0.15, -0.1) is 0 Å². The number of hydrogen-bond donors (Lipinski definition) is 2. The van der Waals surface area contributed by atoms with Gasteiger partial charge in [0, 0.05) is 11.8 Å². The van der Waals surface area contributed by atoms with E-state index in [4.69, 9.17) is 4.74 Å². The van der Waals surface area contributed by atoms with Crippen molar-refractivity contribution in [2.75, 3.05) is 11.9 Å². The number of benzene rings is 2. The van der Waals surface area contributed by atoms with Crippen molar-refractivity contribution in [3.63, 3.8) is 0 Å². The molecule has 0 atom stereocenters. The van der Waals surface area contributed by atoms with E-state index in [2.05, 4.69) is 5.32 Å². The van der Waals surface area contributed by atoms with Gasteiger partial charge in [-0.2, -0.15) is 5.26 Å². The summed E-state index contributed by atoms with van der Waals surface area (Å²) in [6, 6.07) is 11.2. The Balaban J connectivity index is 2.38. The minimum Gasteiger partial charge on any atom is -0.500 e. The third kappa shape index (κ3) is 4.83. The fraction of sp³-hybridized carbons (Fsp3) is 0.158. The number of nitro benzene ring substituents is 1. The first-order valence-corrected chi connectivity index (χ1v) is 7.99. The Labute approximate surface area is 155 Å². The van der Waals surface area contributed by atoms with E-state index >= 15 is 0 Å². The second-order valence-corrected chi connectivity index (χ2v) is 5.57. The van der Waals surface area contributed by atoms with Crippen LogP contribution in [-0.4, -0.2) is 22.5 Å². The van der Waals surface area contributed by atoms with Crippen molar-refractivity contribution in [1.82, 2.24) is 0 Å². The van der Waals surface area contributed by atoms with Gasteiger partial charge in [0.15, 0.2) is 5.75 Å². The molecular weight excluding hydrogens is 350 g/mol. The number of nitrogens with zero attached hydrogens (tertiary/aromatic N) is 2. The Hall–Kier alpha value is -3.86. The lowest BCUT2D eigenvalue weighted by Crippen LogP contribution is -2.13. The first kappa shape index (κ1) is 19.5. The molecule has 27 heavy (non-hydrogen) atoms. The van der Waals surface area contributed by atoms with Crippen molar-refractivity contribution >= 4 is 23.4 Å². The van der Waals surface area contributed by atoms with E-state index in [0.29, 0.717) is 5.69 Å². The van der Waals surface area contributed by atoms with Crippen molar-refractivity contribution in [2.45, 2.75) is 13.8 Å². The van der Waals surface area contributed by atoms with Crippen molar-refractivity contribution in [3.05, 3.63) is 63.2 Å². The minimum absolute atomic E-state index is 0.103. The molecule has 0 spiro atoms. The molecule has 2 aromatic carbocycles. The lowest BCUT2D eigenvalue weighted by atomic mass is 10.1. The van der Waals surface area contributed by atoms with E-state index in [1.54, 1.807) is 25.1 Å². The van der Waals surface area contributed by atoms with Gasteiger partial charge in [0.25, 0.3) is 5.91 Å². The zero-order valence-corrected chi connectivity index (χ0v) is 14.7. The van der Waals surface area contributed by atoms with E-state index in [1.165, 1.54) is 12.1 Å². The number of aromatic hydroxyl groups is 1. The van der Waals surface area contributed by atoms with Gasteiger partial charge in [-0.05, 0) is 43.7 Å². The van der Waals surface area contributed by atoms with Crippen LogP contribution in [0.2, 0.25) is 0 Å². The standard InChI is InChI=1S/C19H17N3O5/c1-3-27-17-10-13(9-16(18(17)23)22(25)26)8-14(11-20)19(24)21-15-6-4-12(2)5-7-15/h4-10,23H,3H2,1-2H3,(H,21,24)/b14-8+. The Morgan fingerprint density at radius 1 is 1.37 bits per heavy atom. The molecule has 0 aromatic heterocycles. The van der Waals surface area contributed by atoms with Gasteiger partial charge < -0.3 is 15.2 Å². The molecule has 0 unspecified atom stereocenters. The second kappa shape index (κ2) is 8.49. The molecular formula is C19H17N3O5. The third-order valence-electron chi connectivity index (χ3n) is 3.56. The smallest absolute Gasteiger partial charge is 0.315 e. The number of phenolic OH excluding ortho intramolecular Hbond substituents is 1. The second-order valence-electron chi connectivity index (χ2n) is 5.57. The number of carbonyl (C=O) groups excluding carboxylic acids is 1. The normalized spacial score (nSPS) is 10.8. The topological polar surface area (TPSA) is 125 Å². The Bertz CT molecular complexity index is 943. The number of phenols is 1. The highest BCUT2D eigenvalue weighted by molar-refractivity contribution is 6.09. The quantitative estimate of drug-likeness (QED) is 0.348. The first-order chi connectivity index (χ1) is 12.8. The van der Waals surface area contributed by atoms with Crippen LogP contribution >= 0.6 is 0 Å². The molecule has 2 N–H and O–H groups in total. The predicted octanol–water partition coefficient (Wildman–Crippen LogP) is 3.55. The molecule has 0 heterocycles. The number of nitro groups is 1. The van der Waals surface area contributed by atoms with Crippen LogP contribution < -0.4 is 10.1 Å². The van der Waals surface area contributed by atoms with Crippen molar-refractivity contribution in [1.29, 1.82) is 5.26 Å². The van der Waals surface area contributed by atoms with Crippen LogP contribution in [0.5, 0.6) is 11.5 Å². The summed E-state index contributed by atoms with van der Waals surface area (Å²) in [4.78, 5) is 22.7. The molecule has 0 bridgehead atoms. The molecule has 0 fully saturated rings. The number of amides is 1. The first-order valence-electron chi connectivity index (χ1n) is 7.99. The number of aryl methyl sites for hydroxylation is 1. The molecule has 2 rings (SSSR count). The molecule has 0 radical (unpaired) electrons. The highest BCUT2D eigenvalue weighted by Crippen LogP contribution is 2.37. The lowest BCUT2D eigenvalue weighted by molar-refractivity contribution is -0.386. The van der Waals surface area contributed by atoms with Crippen LogP contribution in [0.4, 0.5) is 11.4 Å². The molecule has 0 aliphatic carbocycles. The summed E-state index contributed by atoms with van der Waals surface area (Å²) >= 11 is 0. The molecule has 8 heteroatoms. The van der Waals surface area contributed by atoms with Gasteiger partial charge in [0.05, 0.1) is 11.5 Å². The number of carbonyl (C=O) groups is 1. The van der Waals surface area contributed by atoms with E-state index < -0.39 is 22.3 Å². The number of nitrogens with one attached hydrogen (secondary N) is 1. The summed E-state index contributed by atoms with van der Waals surface area (Å²) in [5.74, 6) is -1.37. The molecule has 0 aliphatic heterocycles. The summed E-state index contributed by atoms with van der Waals surface area (Å²) in [6.45, 7) is 3.74. The highest BCUT2D eigenvalue weighted by atomic mass is 16.6. The molecule has 2 aromatic rings. The van der Waals surface area contributed by atoms with Crippen molar-refractivity contribution in [2.24, 2.45) is 0 Å². The molecule has 8 nitrogen and oxygen atoms in total. The van der Waals surface area contributed by atoms with Crippen LogP contribution in [-0.2, 0) is 4.79 Å². The largest absolute Gasteiger partial charge is 0.500 e. The summed E-state index contributed by atoms with van der Waals surface area (Å²) in [7, 11) is 0. The van der Waals surface area contributed by atoms with Crippen molar-refractivity contribution < 1.29 is 19.6 Å². The highest BCUT2D eigenvalue weighted by Gasteiger charge is 2.20. The van der Waals surface area contributed by atoms with Crippen LogP contribution in [0.25, 0.3) is 6.08 Å². The summed E-state index contributed by atoms with van der Waals surface area (Å²) in [6.07, 6.45) is 1.19. The lowest BCUT2D eigenvalue weighted by Gasteiger charge is -2.08. The molecule has 138 valence electrons. The van der Waals surface area contributed by atoms with Crippen LogP contribution in [0.3, 0.4) is 0 Å². The van der Waals surface area contributed by atoms with Gasteiger partial charge >= 0.3 is 5.69 Å². The maximum absolute atomic E-state index is 12.3. The zero-order valence-electron chi connectivity index (χ0n) is 14.7. The Kier molecular flexibility index (Phi) is 6.12. The van der Waals surface area contributed by atoms with Gasteiger partial charge in [0.1, 0.15) is 11.6 Å². The third-order valence-corrected chi connectivity index (χ3v) is 3.56. The van der Waals surface area contributed by atoms with Crippen molar-refractivity contribution in [3.8, 4) is 17.6 Å². The molecule has 1 amide bonds. The monoisotopic (exact) mass is 367 g/mol. The van der Waals surface area contributed by atoms with E-state index in [1.807, 2.05) is 19.1 Å². The number of anilines is 1. The van der Waals surface area contributed by atoms with Crippen LogP contribution in [0, 0.1) is 28.4 Å². The fourth-order valence-electron chi connectivity index (χ4n) is 2.25. The molecule has 0 saturated carbocycles. The Morgan fingerprint density at radius 3 is 2.59 bits per heavy atom. The maximum Gasteiger partial charge on any atom is 0.315 e. The number of ether oxygens (including phenoxy) is 1. The van der Waals surface area contributed by atoms with Crippen LogP contribution in [0.15, 0.2) is 42.0 Å². The Morgan fingerprint density at radius 2 is 2.04 bits per heavy atom. The number of rotatable bonds is 6. The fourth-order valence-corrected chi connectivity index (χ4v) is 2.25. The van der Waals surface area contributed by atoms with Gasteiger partial charge in [-0.3, -0.25) is 14.9 Å². The van der Waals surface area contributed by atoms with Crippen LogP contribution in [0.1, 0.15) is 18.1 Å². The van der Waals surface area contributed by atoms with E-state index in [9.17, 15) is 25.3 Å². The zero-order chi connectivity index (χ0) is 20.0. The maximum atomic E-state index is 12.3. The summed E-state index contributed by atoms with van der Waals surface area (Å²) in [5.41, 5.74) is 0.877. The summed E-state index contributed by atoms with van der Waals surface area (Å²) < 4.78 is 5.18. The van der Waals surface area contributed by atoms with Gasteiger partial charge in [0.2, 0.25) is 5.75 Å². The number of hydrogen-bond acceptors (Lipinski definition) is 6. The van der Waals surface area contributed by atoms with E-state index in [0.717, 1.165) is 11.6 Å². The average Bonchev–Trinajstić information content (AvgIpc) is 2.63. The van der Waals surface area contributed by atoms with Gasteiger partial charge in [-0.25, -0.2) is 0 Å².